The standard InChI is InChI=1S/C19H14ClN3S/c1-12-5-8-18(24-12)13-6-7-17-16(9-13)19(22-11-21-17)23-15-4-2-3-14(20)10-15/h2-11H,1H3,(H,21,22,23). The number of anilines is 2. The molecule has 118 valence electrons. The van der Waals surface area contributed by atoms with Crippen LogP contribution in [-0.2, 0) is 0 Å². The molecule has 5 heteroatoms. The van der Waals surface area contributed by atoms with Crippen LogP contribution in [0.1, 0.15) is 4.88 Å². The highest BCUT2D eigenvalue weighted by molar-refractivity contribution is 7.15. The van der Waals surface area contributed by atoms with Crippen LogP contribution >= 0.6 is 22.9 Å². The monoisotopic (exact) mass is 351 g/mol. The van der Waals surface area contributed by atoms with Gasteiger partial charge in [0.05, 0.1) is 5.52 Å². The van der Waals surface area contributed by atoms with Gasteiger partial charge in [0.1, 0.15) is 12.1 Å². The molecule has 0 aliphatic heterocycles. The molecule has 4 rings (SSSR count). The Labute approximate surface area is 149 Å². The van der Waals surface area contributed by atoms with E-state index in [-0.39, 0.29) is 0 Å². The SMILES string of the molecule is Cc1ccc(-c2ccc3ncnc(Nc4cccc(Cl)c4)c3c2)s1. The number of benzene rings is 2. The highest BCUT2D eigenvalue weighted by Crippen LogP contribution is 2.32. The van der Waals surface area contributed by atoms with Crippen LogP contribution in [0.4, 0.5) is 11.5 Å². The molecule has 2 heterocycles. The number of halogens is 1. The maximum atomic E-state index is 6.07. The van der Waals surface area contributed by atoms with Crippen molar-refractivity contribution >= 4 is 45.3 Å². The van der Waals surface area contributed by atoms with E-state index >= 15 is 0 Å². The van der Waals surface area contributed by atoms with E-state index in [1.807, 2.05) is 30.3 Å². The molecule has 2 aromatic carbocycles. The summed E-state index contributed by atoms with van der Waals surface area (Å²) in [6, 6.07) is 18.2. The molecule has 0 unspecified atom stereocenters. The second-order valence-electron chi connectivity index (χ2n) is 5.50. The number of aryl methyl sites for hydroxylation is 1. The predicted molar refractivity (Wildman–Crippen MR) is 102 cm³/mol. The Morgan fingerprint density at radius 2 is 1.92 bits per heavy atom. The van der Waals surface area contributed by atoms with E-state index < -0.39 is 0 Å². The van der Waals surface area contributed by atoms with Crippen molar-refractivity contribution in [2.75, 3.05) is 5.32 Å². The molecule has 0 spiro atoms. The Morgan fingerprint density at radius 3 is 2.71 bits per heavy atom. The average molecular weight is 352 g/mol. The van der Waals surface area contributed by atoms with Crippen LogP contribution in [0.15, 0.2) is 60.9 Å². The molecule has 0 aliphatic carbocycles. The van der Waals surface area contributed by atoms with Gasteiger partial charge in [0.25, 0.3) is 0 Å². The third kappa shape index (κ3) is 2.98. The molecule has 0 amide bonds. The van der Waals surface area contributed by atoms with Crippen LogP contribution in [0.25, 0.3) is 21.3 Å². The van der Waals surface area contributed by atoms with Gasteiger partial charge in [-0.1, -0.05) is 23.7 Å². The lowest BCUT2D eigenvalue weighted by Gasteiger charge is -2.09. The zero-order valence-electron chi connectivity index (χ0n) is 13.0. The Hall–Kier alpha value is -2.43. The summed E-state index contributed by atoms with van der Waals surface area (Å²) in [5.74, 6) is 0.775. The quantitative estimate of drug-likeness (QED) is 0.487. The van der Waals surface area contributed by atoms with Gasteiger partial charge in [-0.3, -0.25) is 0 Å². The van der Waals surface area contributed by atoms with E-state index in [4.69, 9.17) is 11.6 Å². The summed E-state index contributed by atoms with van der Waals surface area (Å²) in [4.78, 5) is 11.3. The molecule has 2 aromatic heterocycles. The number of nitrogens with one attached hydrogen (secondary N) is 1. The van der Waals surface area contributed by atoms with Gasteiger partial charge in [-0.2, -0.15) is 0 Å². The van der Waals surface area contributed by atoms with Crippen LogP contribution in [0.5, 0.6) is 0 Å². The minimum Gasteiger partial charge on any atom is -0.340 e. The smallest absolute Gasteiger partial charge is 0.141 e. The van der Waals surface area contributed by atoms with Gasteiger partial charge in [0, 0.05) is 25.9 Å². The number of thiophene rings is 1. The molecule has 0 bridgehead atoms. The molecule has 0 aliphatic rings. The van der Waals surface area contributed by atoms with Crippen molar-refractivity contribution in [3.05, 3.63) is 70.8 Å². The summed E-state index contributed by atoms with van der Waals surface area (Å²) >= 11 is 7.85. The number of nitrogens with zero attached hydrogens (tertiary/aromatic N) is 2. The summed E-state index contributed by atoms with van der Waals surface area (Å²) < 4.78 is 0. The van der Waals surface area contributed by atoms with Crippen molar-refractivity contribution in [1.82, 2.24) is 9.97 Å². The molecule has 0 saturated heterocycles. The third-order valence-corrected chi connectivity index (χ3v) is 5.03. The van der Waals surface area contributed by atoms with Gasteiger partial charge in [-0.25, -0.2) is 9.97 Å². The normalized spacial score (nSPS) is 10.9. The number of rotatable bonds is 3. The van der Waals surface area contributed by atoms with E-state index in [0.29, 0.717) is 5.02 Å². The third-order valence-electron chi connectivity index (χ3n) is 3.75. The molecule has 0 radical (unpaired) electrons. The summed E-state index contributed by atoms with van der Waals surface area (Å²) in [6.45, 7) is 2.12. The Bertz CT molecular complexity index is 1030. The van der Waals surface area contributed by atoms with Crippen LogP contribution < -0.4 is 5.32 Å². The molecular formula is C19H14ClN3S. The van der Waals surface area contributed by atoms with Crippen LogP contribution in [-0.4, -0.2) is 9.97 Å². The highest BCUT2D eigenvalue weighted by atomic mass is 35.5. The zero-order valence-corrected chi connectivity index (χ0v) is 14.5. The van der Waals surface area contributed by atoms with Gasteiger partial charge < -0.3 is 5.32 Å². The van der Waals surface area contributed by atoms with E-state index in [2.05, 4.69) is 46.5 Å². The Balaban J connectivity index is 1.80. The molecule has 0 atom stereocenters. The number of fused-ring (bicyclic) bond motifs is 1. The first-order chi connectivity index (χ1) is 11.7. The number of hydrogen-bond donors (Lipinski definition) is 1. The van der Waals surface area contributed by atoms with Crippen LogP contribution in [0, 0.1) is 6.92 Å². The van der Waals surface area contributed by atoms with Gasteiger partial charge in [0.2, 0.25) is 0 Å². The molecule has 3 nitrogen and oxygen atoms in total. The van der Waals surface area contributed by atoms with Gasteiger partial charge in [0.15, 0.2) is 0 Å². The van der Waals surface area contributed by atoms with Crippen molar-refractivity contribution in [3.63, 3.8) is 0 Å². The fourth-order valence-electron chi connectivity index (χ4n) is 2.60. The largest absolute Gasteiger partial charge is 0.340 e. The summed E-state index contributed by atoms with van der Waals surface area (Å²) in [6.07, 6.45) is 1.57. The number of hydrogen-bond acceptors (Lipinski definition) is 4. The molecule has 24 heavy (non-hydrogen) atoms. The molecular weight excluding hydrogens is 338 g/mol. The first kappa shape index (κ1) is 15.1. The second-order valence-corrected chi connectivity index (χ2v) is 7.22. The number of aromatic nitrogens is 2. The Kier molecular flexibility index (Phi) is 3.92. The van der Waals surface area contributed by atoms with Gasteiger partial charge >= 0.3 is 0 Å². The van der Waals surface area contributed by atoms with Crippen molar-refractivity contribution in [2.45, 2.75) is 6.92 Å². The van der Waals surface area contributed by atoms with Crippen LogP contribution in [0.3, 0.4) is 0 Å². The lowest BCUT2D eigenvalue weighted by molar-refractivity contribution is 1.22. The minimum absolute atomic E-state index is 0.688. The molecule has 4 aromatic rings. The highest BCUT2D eigenvalue weighted by Gasteiger charge is 2.08. The summed E-state index contributed by atoms with van der Waals surface area (Å²) in [7, 11) is 0. The Morgan fingerprint density at radius 1 is 1.00 bits per heavy atom. The van der Waals surface area contributed by atoms with Crippen molar-refractivity contribution in [3.8, 4) is 10.4 Å². The zero-order chi connectivity index (χ0) is 16.5. The van der Waals surface area contributed by atoms with E-state index in [0.717, 1.165) is 22.4 Å². The first-order valence-corrected chi connectivity index (χ1v) is 8.73. The topological polar surface area (TPSA) is 37.8 Å². The van der Waals surface area contributed by atoms with Crippen LogP contribution in [0.2, 0.25) is 5.02 Å². The van der Waals surface area contributed by atoms with Gasteiger partial charge in [-0.15, -0.1) is 11.3 Å². The second kappa shape index (κ2) is 6.23. The lowest BCUT2D eigenvalue weighted by Crippen LogP contribution is -1.96. The van der Waals surface area contributed by atoms with E-state index in [9.17, 15) is 0 Å². The maximum Gasteiger partial charge on any atom is 0.141 e. The van der Waals surface area contributed by atoms with Gasteiger partial charge in [-0.05, 0) is 55.0 Å². The van der Waals surface area contributed by atoms with E-state index in [1.54, 1.807) is 17.7 Å². The van der Waals surface area contributed by atoms with Crippen molar-refractivity contribution in [2.24, 2.45) is 0 Å². The fraction of sp³-hybridized carbons (Fsp3) is 0.0526. The van der Waals surface area contributed by atoms with E-state index in [1.165, 1.54) is 15.3 Å². The van der Waals surface area contributed by atoms with Crippen molar-refractivity contribution in [1.29, 1.82) is 0 Å². The molecule has 0 fully saturated rings. The summed E-state index contributed by atoms with van der Waals surface area (Å²) in [5, 5.41) is 5.01. The average Bonchev–Trinajstić information content (AvgIpc) is 3.01. The fourth-order valence-corrected chi connectivity index (χ4v) is 3.66. The molecule has 1 N–H and O–H groups in total. The molecule has 0 saturated carbocycles. The minimum atomic E-state index is 0.688. The first-order valence-electron chi connectivity index (χ1n) is 7.53. The maximum absolute atomic E-state index is 6.07. The predicted octanol–water partition coefficient (Wildman–Crippen LogP) is 6.06. The summed E-state index contributed by atoms with van der Waals surface area (Å²) in [5.41, 5.74) is 2.98. The lowest BCUT2D eigenvalue weighted by atomic mass is 10.1. The van der Waals surface area contributed by atoms with Crippen molar-refractivity contribution < 1.29 is 0 Å².